The quantitative estimate of drug-likeness (QED) is 0.707. The molecule has 136 valence electrons. The molecule has 0 saturated carbocycles. The second-order valence-corrected chi connectivity index (χ2v) is 5.81. The highest BCUT2D eigenvalue weighted by Gasteiger charge is 2.39. The van der Waals surface area contributed by atoms with Gasteiger partial charge in [0, 0.05) is 11.6 Å². The smallest absolute Gasteiger partial charge is 0.370 e. The number of aromatic nitrogens is 3. The Morgan fingerprint density at radius 3 is 2.58 bits per heavy atom. The maximum absolute atomic E-state index is 12.3. The Balaban J connectivity index is 1.70. The number of nitrogens with zero attached hydrogens (tertiary/aromatic N) is 3. The number of alkyl halides is 3. The fraction of sp³-hybridized carbons (Fsp3) is 0.188. The van der Waals surface area contributed by atoms with E-state index >= 15 is 0 Å². The lowest BCUT2D eigenvalue weighted by molar-refractivity contribution is -0.167. The molecule has 2 aromatic heterocycles. The van der Waals surface area contributed by atoms with Crippen molar-refractivity contribution in [3.05, 3.63) is 53.1 Å². The summed E-state index contributed by atoms with van der Waals surface area (Å²) in [5, 5.41) is 9.33. The fourth-order valence-electron chi connectivity index (χ4n) is 2.25. The van der Waals surface area contributed by atoms with Gasteiger partial charge >= 0.3 is 12.1 Å². The molecule has 6 nitrogen and oxygen atoms in total. The molecule has 0 atom stereocenters. The zero-order chi connectivity index (χ0) is 18.7. The summed E-state index contributed by atoms with van der Waals surface area (Å²) in [6.45, 7) is 0.560. The molecule has 10 heteroatoms. The predicted molar refractivity (Wildman–Crippen MR) is 91.3 cm³/mol. The molecule has 1 aromatic carbocycles. The summed E-state index contributed by atoms with van der Waals surface area (Å²) in [7, 11) is 0. The molecule has 3 aromatic rings. The number of pyridine rings is 1. The van der Waals surface area contributed by atoms with E-state index in [2.05, 4.69) is 15.4 Å². The normalized spacial score (nSPS) is 11.5. The van der Waals surface area contributed by atoms with Crippen LogP contribution in [0, 0.1) is 0 Å². The molecule has 3 rings (SSSR count). The van der Waals surface area contributed by atoms with Gasteiger partial charge in [0.25, 0.3) is 0 Å². The molecule has 0 fully saturated rings. The highest BCUT2D eigenvalue weighted by Crippen LogP contribution is 2.18. The van der Waals surface area contributed by atoms with Crippen molar-refractivity contribution in [2.45, 2.75) is 12.6 Å². The molecular formula is C16H13ClF3N5O. The maximum atomic E-state index is 12.3. The highest BCUT2D eigenvalue weighted by molar-refractivity contribution is 6.30. The summed E-state index contributed by atoms with van der Waals surface area (Å²) in [5.41, 5.74) is 1.38. The number of rotatable bonds is 5. The van der Waals surface area contributed by atoms with E-state index in [0.717, 1.165) is 5.56 Å². The van der Waals surface area contributed by atoms with Crippen LogP contribution < -0.4 is 10.6 Å². The van der Waals surface area contributed by atoms with E-state index in [4.69, 9.17) is 11.6 Å². The first-order valence-corrected chi connectivity index (χ1v) is 7.93. The van der Waals surface area contributed by atoms with E-state index in [0.29, 0.717) is 29.5 Å². The van der Waals surface area contributed by atoms with Crippen LogP contribution in [0.15, 0.2) is 42.5 Å². The zero-order valence-electron chi connectivity index (χ0n) is 13.2. The van der Waals surface area contributed by atoms with Gasteiger partial charge < -0.3 is 5.32 Å². The molecule has 0 aliphatic heterocycles. The second-order valence-electron chi connectivity index (χ2n) is 5.37. The molecule has 0 saturated heterocycles. The van der Waals surface area contributed by atoms with Gasteiger partial charge in [-0.2, -0.15) is 22.7 Å². The molecule has 2 N–H and O–H groups in total. The van der Waals surface area contributed by atoms with Crippen LogP contribution in [0.3, 0.4) is 0 Å². The van der Waals surface area contributed by atoms with Crippen molar-refractivity contribution < 1.29 is 18.0 Å². The minimum atomic E-state index is -5.00. The van der Waals surface area contributed by atoms with Crippen molar-refractivity contribution in [1.82, 2.24) is 14.6 Å². The molecule has 0 aliphatic carbocycles. The third kappa shape index (κ3) is 4.23. The van der Waals surface area contributed by atoms with Crippen LogP contribution in [0.4, 0.5) is 24.9 Å². The van der Waals surface area contributed by atoms with Crippen molar-refractivity contribution >= 4 is 34.9 Å². The number of benzene rings is 1. The SMILES string of the molecule is O=C(Nc1nc2cccc(NCCc3ccc(Cl)cc3)n2n1)C(F)(F)F. The second kappa shape index (κ2) is 7.20. The Morgan fingerprint density at radius 1 is 1.15 bits per heavy atom. The molecule has 0 unspecified atom stereocenters. The highest BCUT2D eigenvalue weighted by atomic mass is 35.5. The Bertz CT molecular complexity index is 924. The minimum absolute atomic E-state index is 0.305. The number of halogens is 4. The third-order valence-electron chi connectivity index (χ3n) is 3.48. The summed E-state index contributed by atoms with van der Waals surface area (Å²) < 4.78 is 38.3. The molecule has 0 spiro atoms. The number of fused-ring (bicyclic) bond motifs is 1. The van der Waals surface area contributed by atoms with Crippen LogP contribution in [0.5, 0.6) is 0 Å². The van der Waals surface area contributed by atoms with Gasteiger partial charge in [0.05, 0.1) is 0 Å². The van der Waals surface area contributed by atoms with E-state index < -0.39 is 18.0 Å². The van der Waals surface area contributed by atoms with E-state index in [1.54, 1.807) is 35.6 Å². The van der Waals surface area contributed by atoms with Crippen molar-refractivity contribution in [1.29, 1.82) is 0 Å². The lowest BCUT2D eigenvalue weighted by Gasteiger charge is -2.08. The standard InChI is InChI=1S/C16H13ClF3N5O/c17-11-6-4-10(5-7-11)8-9-21-12-2-1-3-13-22-15(24-25(12)13)23-14(26)16(18,19)20/h1-7,21H,8-9H2,(H,23,24,26). The fourth-order valence-corrected chi connectivity index (χ4v) is 2.38. The van der Waals surface area contributed by atoms with Gasteiger partial charge in [-0.1, -0.05) is 29.8 Å². The van der Waals surface area contributed by atoms with Gasteiger partial charge in [0.1, 0.15) is 5.82 Å². The number of hydrogen-bond acceptors (Lipinski definition) is 4. The van der Waals surface area contributed by atoms with E-state index in [9.17, 15) is 18.0 Å². The first-order valence-electron chi connectivity index (χ1n) is 7.55. The topological polar surface area (TPSA) is 71.3 Å². The largest absolute Gasteiger partial charge is 0.471 e. The van der Waals surface area contributed by atoms with E-state index in [1.165, 1.54) is 4.52 Å². The molecule has 0 aliphatic rings. The zero-order valence-corrected chi connectivity index (χ0v) is 14.0. The first kappa shape index (κ1) is 18.0. The van der Waals surface area contributed by atoms with Gasteiger partial charge in [-0.25, -0.2) is 0 Å². The van der Waals surface area contributed by atoms with Gasteiger partial charge in [0.15, 0.2) is 5.65 Å². The minimum Gasteiger partial charge on any atom is -0.370 e. The number of carbonyl (C=O) groups excluding carboxylic acids is 1. The number of hydrogen-bond donors (Lipinski definition) is 2. The third-order valence-corrected chi connectivity index (χ3v) is 3.73. The Labute approximate surface area is 151 Å². The lowest BCUT2D eigenvalue weighted by Crippen LogP contribution is -2.30. The number of nitrogens with one attached hydrogen (secondary N) is 2. The summed E-state index contributed by atoms with van der Waals surface area (Å²) in [6.07, 6.45) is -4.29. The molecular weight excluding hydrogens is 371 g/mol. The van der Waals surface area contributed by atoms with Crippen LogP contribution >= 0.6 is 11.6 Å². The van der Waals surface area contributed by atoms with Crippen LogP contribution in [0.25, 0.3) is 5.65 Å². The Hall–Kier alpha value is -2.81. The summed E-state index contributed by atoms with van der Waals surface area (Å²) in [6, 6.07) is 12.4. The van der Waals surface area contributed by atoms with E-state index in [-0.39, 0.29) is 0 Å². The molecule has 0 bridgehead atoms. The van der Waals surface area contributed by atoms with Gasteiger partial charge in [-0.3, -0.25) is 10.1 Å². The summed E-state index contributed by atoms with van der Waals surface area (Å²) >= 11 is 5.84. The summed E-state index contributed by atoms with van der Waals surface area (Å²) in [5.74, 6) is -2.00. The average Bonchev–Trinajstić information content (AvgIpc) is 2.99. The molecule has 2 heterocycles. The van der Waals surface area contributed by atoms with E-state index in [1.807, 2.05) is 12.1 Å². The van der Waals surface area contributed by atoms with Gasteiger partial charge in [-0.15, -0.1) is 5.10 Å². The van der Waals surface area contributed by atoms with Crippen molar-refractivity contribution in [3.63, 3.8) is 0 Å². The number of anilines is 2. The molecule has 26 heavy (non-hydrogen) atoms. The maximum Gasteiger partial charge on any atom is 0.471 e. The van der Waals surface area contributed by atoms with Crippen LogP contribution in [-0.4, -0.2) is 33.2 Å². The average molecular weight is 384 g/mol. The van der Waals surface area contributed by atoms with Crippen LogP contribution in [-0.2, 0) is 11.2 Å². The molecule has 0 radical (unpaired) electrons. The lowest BCUT2D eigenvalue weighted by atomic mass is 10.1. The van der Waals surface area contributed by atoms with Crippen LogP contribution in [0.1, 0.15) is 5.56 Å². The Kier molecular flexibility index (Phi) is 4.99. The van der Waals surface area contributed by atoms with Crippen molar-refractivity contribution in [2.24, 2.45) is 0 Å². The first-order chi connectivity index (χ1) is 12.3. The predicted octanol–water partition coefficient (Wildman–Crippen LogP) is 3.54. The number of carbonyl (C=O) groups is 1. The number of amides is 1. The van der Waals surface area contributed by atoms with Crippen LogP contribution in [0.2, 0.25) is 5.02 Å². The Morgan fingerprint density at radius 2 is 1.88 bits per heavy atom. The van der Waals surface area contributed by atoms with Crippen molar-refractivity contribution in [3.8, 4) is 0 Å². The monoisotopic (exact) mass is 383 g/mol. The van der Waals surface area contributed by atoms with Crippen molar-refractivity contribution in [2.75, 3.05) is 17.2 Å². The molecule has 1 amide bonds. The van der Waals surface area contributed by atoms with Gasteiger partial charge in [-0.05, 0) is 36.2 Å². The van der Waals surface area contributed by atoms with Gasteiger partial charge in [0.2, 0.25) is 5.95 Å². The summed E-state index contributed by atoms with van der Waals surface area (Å²) in [4.78, 5) is 14.9.